The van der Waals surface area contributed by atoms with Crippen molar-refractivity contribution in [1.82, 2.24) is 0 Å². The van der Waals surface area contributed by atoms with Crippen molar-refractivity contribution in [3.05, 3.63) is 73.0 Å². The average Bonchev–Trinajstić information content (AvgIpc) is 2.55. The summed E-state index contributed by atoms with van der Waals surface area (Å²) >= 11 is 0. The third kappa shape index (κ3) is 2.07. The van der Waals surface area contributed by atoms with Gasteiger partial charge in [-0.1, -0.05) is 48.6 Å². The van der Waals surface area contributed by atoms with Gasteiger partial charge in [-0.15, -0.1) is 6.58 Å². The van der Waals surface area contributed by atoms with Crippen LogP contribution in [0.1, 0.15) is 12.0 Å². The molecule has 17 heavy (non-hydrogen) atoms. The molecular formula is C15H16N2. The molecule has 2 rings (SSSR count). The van der Waals surface area contributed by atoms with Crippen molar-refractivity contribution < 1.29 is 0 Å². The summed E-state index contributed by atoms with van der Waals surface area (Å²) in [6, 6.07) is 10.2. The van der Waals surface area contributed by atoms with E-state index in [-0.39, 0.29) is 5.41 Å². The first kappa shape index (κ1) is 11.4. The Morgan fingerprint density at radius 2 is 2.00 bits per heavy atom. The van der Waals surface area contributed by atoms with Crippen LogP contribution in [-0.2, 0) is 5.41 Å². The summed E-state index contributed by atoms with van der Waals surface area (Å²) in [5.41, 5.74) is 6.90. The molecule has 1 unspecified atom stereocenters. The van der Waals surface area contributed by atoms with E-state index in [0.717, 1.165) is 12.0 Å². The molecule has 0 aliphatic carbocycles. The fourth-order valence-corrected chi connectivity index (χ4v) is 2.09. The Kier molecular flexibility index (Phi) is 3.24. The Labute approximate surface area is 102 Å². The van der Waals surface area contributed by atoms with Gasteiger partial charge in [0.05, 0.1) is 5.41 Å². The van der Waals surface area contributed by atoms with Crippen LogP contribution in [0.2, 0.25) is 0 Å². The molecule has 0 spiro atoms. The van der Waals surface area contributed by atoms with Crippen LogP contribution < -0.4 is 5.73 Å². The largest absolute Gasteiger partial charge is 0.386 e. The van der Waals surface area contributed by atoms with Crippen LogP contribution in [0.25, 0.3) is 0 Å². The van der Waals surface area contributed by atoms with Crippen molar-refractivity contribution in [2.75, 3.05) is 0 Å². The molecule has 0 aromatic heterocycles. The lowest BCUT2D eigenvalue weighted by molar-refractivity contribution is 0.721. The zero-order valence-electron chi connectivity index (χ0n) is 9.71. The first-order valence-electron chi connectivity index (χ1n) is 5.64. The molecule has 0 bridgehead atoms. The fourth-order valence-electron chi connectivity index (χ4n) is 2.09. The number of hydrogen-bond donors (Lipinski definition) is 1. The van der Waals surface area contributed by atoms with Gasteiger partial charge in [-0.3, -0.25) is 0 Å². The minimum atomic E-state index is -0.369. The Hall–Kier alpha value is -2.09. The van der Waals surface area contributed by atoms with E-state index in [2.05, 4.69) is 29.8 Å². The second-order valence-corrected chi connectivity index (χ2v) is 4.05. The Morgan fingerprint density at radius 3 is 2.71 bits per heavy atom. The summed E-state index contributed by atoms with van der Waals surface area (Å²) in [5.74, 6) is 0.605. The minimum Gasteiger partial charge on any atom is -0.386 e. The number of rotatable bonds is 3. The molecule has 0 radical (unpaired) electrons. The lowest BCUT2D eigenvalue weighted by Gasteiger charge is -2.29. The second-order valence-electron chi connectivity index (χ2n) is 4.05. The van der Waals surface area contributed by atoms with Crippen molar-refractivity contribution >= 4 is 5.84 Å². The van der Waals surface area contributed by atoms with Gasteiger partial charge in [0, 0.05) is 6.20 Å². The van der Waals surface area contributed by atoms with Crippen LogP contribution in [0, 0.1) is 0 Å². The average molecular weight is 224 g/mol. The molecule has 1 heterocycles. The van der Waals surface area contributed by atoms with E-state index in [1.165, 1.54) is 0 Å². The maximum Gasteiger partial charge on any atom is 0.114 e. The van der Waals surface area contributed by atoms with Crippen LogP contribution in [0.4, 0.5) is 0 Å². The zero-order chi connectivity index (χ0) is 12.1. The molecule has 0 fully saturated rings. The SMILES string of the molecule is C=CCC1(c2ccccc2)C=CC=CN=C1N. The van der Waals surface area contributed by atoms with Crippen LogP contribution in [0.3, 0.4) is 0 Å². The Bertz CT molecular complexity index is 483. The summed E-state index contributed by atoms with van der Waals surface area (Å²) in [4.78, 5) is 4.28. The highest BCUT2D eigenvalue weighted by Gasteiger charge is 2.32. The minimum absolute atomic E-state index is 0.369. The molecular weight excluding hydrogens is 208 g/mol. The summed E-state index contributed by atoms with van der Waals surface area (Å²) < 4.78 is 0. The van der Waals surface area contributed by atoms with Gasteiger partial charge in [0.25, 0.3) is 0 Å². The first-order chi connectivity index (χ1) is 8.29. The number of nitrogens with zero attached hydrogens (tertiary/aromatic N) is 1. The number of allylic oxidation sites excluding steroid dienone is 3. The molecule has 0 amide bonds. The molecule has 2 nitrogen and oxygen atoms in total. The predicted molar refractivity (Wildman–Crippen MR) is 72.8 cm³/mol. The molecule has 1 aliphatic heterocycles. The smallest absolute Gasteiger partial charge is 0.114 e. The molecule has 2 N–H and O–H groups in total. The van der Waals surface area contributed by atoms with E-state index in [1.807, 2.05) is 36.4 Å². The van der Waals surface area contributed by atoms with Crippen molar-refractivity contribution in [1.29, 1.82) is 0 Å². The van der Waals surface area contributed by atoms with Gasteiger partial charge in [-0.25, -0.2) is 4.99 Å². The standard InChI is InChI=1S/C15H16N2/c1-2-10-15(13-8-4-3-5-9-13)11-6-7-12-17-14(15)16/h2-9,11-12H,1,10H2,(H2,16,17). The van der Waals surface area contributed by atoms with Gasteiger partial charge in [0.2, 0.25) is 0 Å². The van der Waals surface area contributed by atoms with Crippen LogP contribution in [0.5, 0.6) is 0 Å². The van der Waals surface area contributed by atoms with Gasteiger partial charge in [0.1, 0.15) is 5.84 Å². The van der Waals surface area contributed by atoms with Crippen molar-refractivity contribution in [2.24, 2.45) is 10.7 Å². The Balaban J connectivity index is 2.57. The first-order valence-corrected chi connectivity index (χ1v) is 5.64. The molecule has 2 heteroatoms. The lowest BCUT2D eigenvalue weighted by atomic mass is 9.76. The summed E-state index contributed by atoms with van der Waals surface area (Å²) in [6.45, 7) is 3.83. The molecule has 0 saturated heterocycles. The maximum absolute atomic E-state index is 6.13. The van der Waals surface area contributed by atoms with Gasteiger partial charge >= 0.3 is 0 Å². The number of aliphatic imine (C=N–C) groups is 1. The predicted octanol–water partition coefficient (Wildman–Crippen LogP) is 2.94. The van der Waals surface area contributed by atoms with Crippen LogP contribution >= 0.6 is 0 Å². The van der Waals surface area contributed by atoms with Crippen molar-refractivity contribution in [2.45, 2.75) is 11.8 Å². The summed E-state index contributed by atoms with van der Waals surface area (Å²) in [6.07, 6.45) is 10.3. The molecule has 1 aliphatic rings. The van der Waals surface area contributed by atoms with E-state index in [9.17, 15) is 0 Å². The van der Waals surface area contributed by atoms with Crippen LogP contribution in [0.15, 0.2) is 72.4 Å². The molecule has 1 atom stereocenters. The quantitative estimate of drug-likeness (QED) is 0.788. The third-order valence-corrected chi connectivity index (χ3v) is 3.00. The number of nitrogens with two attached hydrogens (primary N) is 1. The normalized spacial score (nSPS) is 22.9. The third-order valence-electron chi connectivity index (χ3n) is 3.00. The van der Waals surface area contributed by atoms with E-state index in [0.29, 0.717) is 5.84 Å². The van der Waals surface area contributed by atoms with E-state index < -0.39 is 0 Å². The highest BCUT2D eigenvalue weighted by Crippen LogP contribution is 2.31. The monoisotopic (exact) mass is 224 g/mol. The highest BCUT2D eigenvalue weighted by atomic mass is 14.9. The topological polar surface area (TPSA) is 38.4 Å². The van der Waals surface area contributed by atoms with Crippen molar-refractivity contribution in [3.63, 3.8) is 0 Å². The maximum atomic E-state index is 6.13. The highest BCUT2D eigenvalue weighted by molar-refractivity contribution is 5.94. The van der Waals surface area contributed by atoms with Gasteiger partial charge in [-0.05, 0) is 18.1 Å². The van der Waals surface area contributed by atoms with Gasteiger partial charge in [0.15, 0.2) is 0 Å². The second kappa shape index (κ2) is 4.83. The van der Waals surface area contributed by atoms with Crippen molar-refractivity contribution in [3.8, 4) is 0 Å². The summed E-state index contributed by atoms with van der Waals surface area (Å²) in [5, 5.41) is 0. The van der Waals surface area contributed by atoms with Crippen LogP contribution in [-0.4, -0.2) is 5.84 Å². The zero-order valence-corrected chi connectivity index (χ0v) is 9.71. The fraction of sp³-hybridized carbons (Fsp3) is 0.133. The lowest BCUT2D eigenvalue weighted by Crippen LogP contribution is -2.39. The van der Waals surface area contributed by atoms with E-state index in [4.69, 9.17) is 5.73 Å². The van der Waals surface area contributed by atoms with E-state index in [1.54, 1.807) is 6.20 Å². The van der Waals surface area contributed by atoms with E-state index >= 15 is 0 Å². The Morgan fingerprint density at radius 1 is 1.24 bits per heavy atom. The summed E-state index contributed by atoms with van der Waals surface area (Å²) in [7, 11) is 0. The molecule has 1 aromatic rings. The number of hydrogen-bond acceptors (Lipinski definition) is 2. The molecule has 0 saturated carbocycles. The van der Waals surface area contributed by atoms with Gasteiger partial charge in [-0.2, -0.15) is 0 Å². The number of amidine groups is 1. The molecule has 86 valence electrons. The molecule has 1 aromatic carbocycles. The van der Waals surface area contributed by atoms with Gasteiger partial charge < -0.3 is 5.73 Å². The number of benzene rings is 1.